The summed E-state index contributed by atoms with van der Waals surface area (Å²) in [6, 6.07) is 0. The molecule has 0 saturated heterocycles. The van der Waals surface area contributed by atoms with E-state index in [0.717, 1.165) is 50.8 Å². The van der Waals surface area contributed by atoms with Crippen molar-refractivity contribution in [3.63, 3.8) is 0 Å². The molecule has 0 saturated carbocycles. The van der Waals surface area contributed by atoms with Gasteiger partial charge in [0.25, 0.3) is 0 Å². The highest BCUT2D eigenvalue weighted by Gasteiger charge is 2.25. The van der Waals surface area contributed by atoms with Crippen LogP contribution in [-0.4, -0.2) is 37.3 Å². The SMILES string of the molecule is CCNC(=NCC(CC)(CC)CCO)NCCCC(C)C. The highest BCUT2D eigenvalue weighted by molar-refractivity contribution is 5.79. The molecule has 21 heavy (non-hydrogen) atoms. The maximum absolute atomic E-state index is 9.28. The van der Waals surface area contributed by atoms with Gasteiger partial charge in [0.05, 0.1) is 0 Å². The van der Waals surface area contributed by atoms with Crippen molar-refractivity contribution in [2.75, 3.05) is 26.2 Å². The Kier molecular flexibility index (Phi) is 11.4. The molecular formula is C17H37N3O. The number of guanidine groups is 1. The van der Waals surface area contributed by atoms with E-state index in [0.29, 0.717) is 0 Å². The number of nitrogens with one attached hydrogen (secondary N) is 2. The molecule has 0 heterocycles. The predicted octanol–water partition coefficient (Wildman–Crippen LogP) is 3.17. The van der Waals surface area contributed by atoms with Crippen molar-refractivity contribution in [2.24, 2.45) is 16.3 Å². The van der Waals surface area contributed by atoms with Crippen molar-refractivity contribution in [1.29, 1.82) is 0 Å². The van der Waals surface area contributed by atoms with E-state index in [1.54, 1.807) is 0 Å². The predicted molar refractivity (Wildman–Crippen MR) is 92.8 cm³/mol. The van der Waals surface area contributed by atoms with E-state index in [9.17, 15) is 5.11 Å². The molecule has 0 unspecified atom stereocenters. The van der Waals surface area contributed by atoms with E-state index in [4.69, 9.17) is 4.99 Å². The molecule has 0 bridgehead atoms. The molecule has 0 rings (SSSR count). The zero-order chi connectivity index (χ0) is 16.1. The summed E-state index contributed by atoms with van der Waals surface area (Å²) in [5.74, 6) is 1.66. The number of aliphatic hydroxyl groups is 1. The summed E-state index contributed by atoms with van der Waals surface area (Å²) >= 11 is 0. The van der Waals surface area contributed by atoms with Crippen LogP contribution in [0.3, 0.4) is 0 Å². The third-order valence-electron chi connectivity index (χ3n) is 4.31. The van der Waals surface area contributed by atoms with Crippen molar-refractivity contribution in [1.82, 2.24) is 10.6 Å². The Balaban J connectivity index is 4.47. The van der Waals surface area contributed by atoms with Crippen LogP contribution in [0.5, 0.6) is 0 Å². The molecule has 126 valence electrons. The van der Waals surface area contributed by atoms with Crippen molar-refractivity contribution < 1.29 is 5.11 Å². The van der Waals surface area contributed by atoms with Crippen LogP contribution in [0, 0.1) is 11.3 Å². The van der Waals surface area contributed by atoms with E-state index in [-0.39, 0.29) is 12.0 Å². The number of hydrogen-bond acceptors (Lipinski definition) is 2. The van der Waals surface area contributed by atoms with Crippen LogP contribution in [0.2, 0.25) is 0 Å². The third kappa shape index (κ3) is 8.97. The highest BCUT2D eigenvalue weighted by atomic mass is 16.3. The summed E-state index contributed by atoms with van der Waals surface area (Å²) in [7, 11) is 0. The Labute approximate surface area is 131 Å². The molecule has 4 nitrogen and oxygen atoms in total. The number of aliphatic imine (C=N–C) groups is 1. The molecule has 0 aromatic heterocycles. The first kappa shape index (κ1) is 20.2. The second-order valence-corrected chi connectivity index (χ2v) is 6.34. The van der Waals surface area contributed by atoms with Gasteiger partial charge in [-0.15, -0.1) is 0 Å². The van der Waals surface area contributed by atoms with Gasteiger partial charge in [-0.3, -0.25) is 4.99 Å². The fourth-order valence-electron chi connectivity index (χ4n) is 2.45. The average molecular weight is 300 g/mol. The quantitative estimate of drug-likeness (QED) is 0.312. The second kappa shape index (κ2) is 11.8. The lowest BCUT2D eigenvalue weighted by Gasteiger charge is -2.29. The van der Waals surface area contributed by atoms with Crippen LogP contribution >= 0.6 is 0 Å². The maximum Gasteiger partial charge on any atom is 0.191 e. The molecular weight excluding hydrogens is 262 g/mol. The van der Waals surface area contributed by atoms with E-state index in [1.165, 1.54) is 12.8 Å². The second-order valence-electron chi connectivity index (χ2n) is 6.34. The molecule has 0 radical (unpaired) electrons. The van der Waals surface area contributed by atoms with Crippen molar-refractivity contribution in [3.05, 3.63) is 0 Å². The highest BCUT2D eigenvalue weighted by Crippen LogP contribution is 2.30. The molecule has 0 aliphatic rings. The Morgan fingerprint density at radius 2 is 1.81 bits per heavy atom. The van der Waals surface area contributed by atoms with Crippen molar-refractivity contribution >= 4 is 5.96 Å². The van der Waals surface area contributed by atoms with E-state index in [2.05, 4.69) is 45.3 Å². The number of hydrogen-bond donors (Lipinski definition) is 3. The molecule has 0 aliphatic heterocycles. The fraction of sp³-hybridized carbons (Fsp3) is 0.941. The minimum atomic E-state index is 0.134. The smallest absolute Gasteiger partial charge is 0.191 e. The molecule has 0 aromatic rings. The maximum atomic E-state index is 9.28. The number of rotatable bonds is 11. The number of aliphatic hydroxyl groups excluding tert-OH is 1. The molecule has 4 heteroatoms. The number of nitrogens with zero attached hydrogens (tertiary/aromatic N) is 1. The zero-order valence-corrected chi connectivity index (χ0v) is 14.8. The van der Waals surface area contributed by atoms with E-state index in [1.807, 2.05) is 0 Å². The minimum absolute atomic E-state index is 0.134. The first-order valence-corrected chi connectivity index (χ1v) is 8.66. The van der Waals surface area contributed by atoms with Gasteiger partial charge in [-0.05, 0) is 50.4 Å². The normalized spacial score (nSPS) is 12.8. The summed E-state index contributed by atoms with van der Waals surface area (Å²) in [6.07, 6.45) is 5.35. The van der Waals surface area contributed by atoms with Gasteiger partial charge in [0.1, 0.15) is 0 Å². The fourth-order valence-corrected chi connectivity index (χ4v) is 2.45. The Morgan fingerprint density at radius 3 is 2.29 bits per heavy atom. The zero-order valence-electron chi connectivity index (χ0n) is 14.8. The largest absolute Gasteiger partial charge is 0.396 e. The molecule has 0 fully saturated rings. The summed E-state index contributed by atoms with van der Waals surface area (Å²) in [6.45, 7) is 13.9. The summed E-state index contributed by atoms with van der Waals surface area (Å²) in [5.41, 5.74) is 0.134. The third-order valence-corrected chi connectivity index (χ3v) is 4.31. The van der Waals surface area contributed by atoms with Gasteiger partial charge in [-0.2, -0.15) is 0 Å². The Morgan fingerprint density at radius 1 is 1.14 bits per heavy atom. The monoisotopic (exact) mass is 299 g/mol. The topological polar surface area (TPSA) is 56.7 Å². The standard InChI is InChI=1S/C17H37N3O/c1-6-17(7-2,11-13-21)14-20-16(18-8-3)19-12-9-10-15(4)5/h15,21H,6-14H2,1-5H3,(H2,18,19,20). The molecule has 0 aromatic carbocycles. The van der Waals surface area contributed by atoms with Crippen molar-refractivity contribution in [3.8, 4) is 0 Å². The van der Waals surface area contributed by atoms with Gasteiger partial charge in [0.15, 0.2) is 5.96 Å². The molecule has 0 aliphatic carbocycles. The van der Waals surface area contributed by atoms with Crippen LogP contribution in [0.1, 0.15) is 66.7 Å². The first-order valence-electron chi connectivity index (χ1n) is 8.66. The van der Waals surface area contributed by atoms with Crippen LogP contribution in [0.25, 0.3) is 0 Å². The first-order chi connectivity index (χ1) is 10.0. The Hall–Kier alpha value is -0.770. The Bertz CT molecular complexity index is 273. The van der Waals surface area contributed by atoms with E-state index >= 15 is 0 Å². The van der Waals surface area contributed by atoms with Crippen LogP contribution in [-0.2, 0) is 0 Å². The molecule has 3 N–H and O–H groups in total. The summed E-state index contributed by atoms with van der Waals surface area (Å²) < 4.78 is 0. The molecule has 0 atom stereocenters. The van der Waals surface area contributed by atoms with Gasteiger partial charge in [-0.1, -0.05) is 27.7 Å². The molecule has 0 amide bonds. The molecule has 0 spiro atoms. The average Bonchev–Trinajstić information content (AvgIpc) is 2.47. The minimum Gasteiger partial charge on any atom is -0.396 e. The van der Waals surface area contributed by atoms with Crippen LogP contribution in [0.4, 0.5) is 0 Å². The van der Waals surface area contributed by atoms with Crippen LogP contribution < -0.4 is 10.6 Å². The van der Waals surface area contributed by atoms with Gasteiger partial charge < -0.3 is 15.7 Å². The van der Waals surface area contributed by atoms with Crippen molar-refractivity contribution in [2.45, 2.75) is 66.7 Å². The van der Waals surface area contributed by atoms with Gasteiger partial charge >= 0.3 is 0 Å². The lowest BCUT2D eigenvalue weighted by molar-refractivity contribution is 0.175. The van der Waals surface area contributed by atoms with Crippen LogP contribution in [0.15, 0.2) is 4.99 Å². The van der Waals surface area contributed by atoms with Gasteiger partial charge in [0.2, 0.25) is 0 Å². The van der Waals surface area contributed by atoms with Gasteiger partial charge in [-0.25, -0.2) is 0 Å². The van der Waals surface area contributed by atoms with E-state index < -0.39 is 0 Å². The van der Waals surface area contributed by atoms with Gasteiger partial charge in [0, 0.05) is 26.2 Å². The lowest BCUT2D eigenvalue weighted by atomic mass is 9.79. The lowest BCUT2D eigenvalue weighted by Crippen LogP contribution is -2.39. The summed E-state index contributed by atoms with van der Waals surface area (Å²) in [5, 5.41) is 16.0. The summed E-state index contributed by atoms with van der Waals surface area (Å²) in [4.78, 5) is 4.75.